The maximum Gasteiger partial charge on any atom is 0.255 e. The van der Waals surface area contributed by atoms with Gasteiger partial charge in [-0.3, -0.25) is 9.59 Å². The van der Waals surface area contributed by atoms with Crippen LogP contribution in [0.25, 0.3) is 0 Å². The summed E-state index contributed by atoms with van der Waals surface area (Å²) >= 11 is 0. The van der Waals surface area contributed by atoms with E-state index in [2.05, 4.69) is 10.3 Å². The van der Waals surface area contributed by atoms with Gasteiger partial charge in [0.1, 0.15) is 0 Å². The highest BCUT2D eigenvalue weighted by Crippen LogP contribution is 2.20. The molecule has 1 heterocycles. The summed E-state index contributed by atoms with van der Waals surface area (Å²) in [6, 6.07) is 8.77. The molecule has 0 unspecified atom stereocenters. The third-order valence-electron chi connectivity index (χ3n) is 2.96. The number of aromatic amines is 1. The zero-order valence-corrected chi connectivity index (χ0v) is 11.2. The molecule has 0 aliphatic heterocycles. The van der Waals surface area contributed by atoms with E-state index in [1.165, 1.54) is 6.07 Å². The number of carbonyl (C=O) groups excluding carboxylic acids is 1. The summed E-state index contributed by atoms with van der Waals surface area (Å²) < 4.78 is 0. The van der Waals surface area contributed by atoms with Gasteiger partial charge in [0.05, 0.1) is 0 Å². The Balaban J connectivity index is 2.33. The highest BCUT2D eigenvalue weighted by molar-refractivity contribution is 6.05. The van der Waals surface area contributed by atoms with Gasteiger partial charge in [0.15, 0.2) is 0 Å². The minimum Gasteiger partial charge on any atom is -0.326 e. The maximum absolute atomic E-state index is 12.2. The van der Waals surface area contributed by atoms with E-state index < -0.39 is 0 Å². The predicted molar refractivity (Wildman–Crippen MR) is 75.7 cm³/mol. The first-order valence-corrected chi connectivity index (χ1v) is 6.06. The summed E-state index contributed by atoms with van der Waals surface area (Å²) in [6.45, 7) is 5.62. The predicted octanol–water partition coefficient (Wildman–Crippen LogP) is 2.55. The van der Waals surface area contributed by atoms with Gasteiger partial charge in [-0.05, 0) is 38.0 Å². The van der Waals surface area contributed by atoms with Gasteiger partial charge in [0.25, 0.3) is 5.91 Å². The second-order valence-corrected chi connectivity index (χ2v) is 4.64. The molecule has 1 aromatic carbocycles. The number of benzene rings is 1. The molecule has 1 aromatic heterocycles. The lowest BCUT2D eigenvalue weighted by molar-refractivity contribution is 0.102. The van der Waals surface area contributed by atoms with Crippen LogP contribution in [-0.2, 0) is 0 Å². The number of pyridine rings is 1. The zero-order valence-electron chi connectivity index (χ0n) is 11.2. The normalized spacial score (nSPS) is 10.3. The Morgan fingerprint density at radius 3 is 2.32 bits per heavy atom. The molecular weight excluding hydrogens is 240 g/mol. The number of amides is 1. The standard InChI is InChI=1S/C15H16N2O2/c1-9-5-4-6-10(2)14(9)17-15(19)12-7-11(3)16-13(18)8-12/h4-8H,1-3H3,(H,16,18)(H,17,19). The number of rotatable bonds is 2. The second-order valence-electron chi connectivity index (χ2n) is 4.64. The van der Waals surface area contributed by atoms with Crippen LogP contribution in [-0.4, -0.2) is 10.9 Å². The number of hydrogen-bond acceptors (Lipinski definition) is 2. The molecule has 4 heteroatoms. The van der Waals surface area contributed by atoms with Crippen LogP contribution >= 0.6 is 0 Å². The van der Waals surface area contributed by atoms with Crippen molar-refractivity contribution in [1.29, 1.82) is 0 Å². The molecule has 98 valence electrons. The molecule has 0 bridgehead atoms. The fraction of sp³-hybridized carbons (Fsp3) is 0.200. The Kier molecular flexibility index (Phi) is 3.51. The number of nitrogens with one attached hydrogen (secondary N) is 2. The number of aromatic nitrogens is 1. The number of aryl methyl sites for hydroxylation is 3. The molecule has 4 nitrogen and oxygen atoms in total. The Bertz CT molecular complexity index is 667. The third kappa shape index (κ3) is 2.91. The largest absolute Gasteiger partial charge is 0.326 e. The summed E-state index contributed by atoms with van der Waals surface area (Å²) in [5, 5.41) is 2.86. The van der Waals surface area contributed by atoms with Gasteiger partial charge < -0.3 is 10.3 Å². The first-order valence-electron chi connectivity index (χ1n) is 6.06. The highest BCUT2D eigenvalue weighted by atomic mass is 16.2. The molecule has 2 N–H and O–H groups in total. The van der Waals surface area contributed by atoms with Gasteiger partial charge in [-0.15, -0.1) is 0 Å². The van der Waals surface area contributed by atoms with Crippen molar-refractivity contribution in [2.45, 2.75) is 20.8 Å². The van der Waals surface area contributed by atoms with Gasteiger partial charge in [-0.25, -0.2) is 0 Å². The van der Waals surface area contributed by atoms with Gasteiger partial charge in [0.2, 0.25) is 5.56 Å². The lowest BCUT2D eigenvalue weighted by Gasteiger charge is -2.11. The van der Waals surface area contributed by atoms with Crippen molar-refractivity contribution in [3.05, 3.63) is 63.1 Å². The number of para-hydroxylation sites is 1. The molecule has 0 atom stereocenters. The van der Waals surface area contributed by atoms with Crippen molar-refractivity contribution in [3.8, 4) is 0 Å². The van der Waals surface area contributed by atoms with E-state index in [0.717, 1.165) is 16.8 Å². The maximum atomic E-state index is 12.2. The van der Waals surface area contributed by atoms with Gasteiger partial charge in [-0.2, -0.15) is 0 Å². The van der Waals surface area contributed by atoms with Crippen molar-refractivity contribution in [2.24, 2.45) is 0 Å². The topological polar surface area (TPSA) is 62.0 Å². The molecule has 19 heavy (non-hydrogen) atoms. The van der Waals surface area contributed by atoms with E-state index >= 15 is 0 Å². The van der Waals surface area contributed by atoms with Gasteiger partial charge in [-0.1, -0.05) is 18.2 Å². The highest BCUT2D eigenvalue weighted by Gasteiger charge is 2.10. The first-order chi connectivity index (χ1) is 8.97. The van der Waals surface area contributed by atoms with Crippen molar-refractivity contribution < 1.29 is 4.79 Å². The molecule has 0 aliphatic carbocycles. The molecule has 0 fully saturated rings. The second kappa shape index (κ2) is 5.10. The third-order valence-corrected chi connectivity index (χ3v) is 2.96. The summed E-state index contributed by atoms with van der Waals surface area (Å²) in [4.78, 5) is 26.1. The van der Waals surface area contributed by atoms with Crippen LogP contribution in [0.15, 0.2) is 35.1 Å². The average Bonchev–Trinajstić information content (AvgIpc) is 2.32. The van der Waals surface area contributed by atoms with Gasteiger partial charge in [0, 0.05) is 23.0 Å². The van der Waals surface area contributed by atoms with E-state index in [4.69, 9.17) is 0 Å². The zero-order chi connectivity index (χ0) is 14.0. The number of anilines is 1. The molecule has 0 saturated carbocycles. The van der Waals surface area contributed by atoms with Crippen molar-refractivity contribution in [2.75, 3.05) is 5.32 Å². The minimum absolute atomic E-state index is 0.272. The van der Waals surface area contributed by atoms with E-state index in [-0.39, 0.29) is 11.5 Å². The van der Waals surface area contributed by atoms with Gasteiger partial charge >= 0.3 is 0 Å². The monoisotopic (exact) mass is 256 g/mol. The number of H-pyrrole nitrogens is 1. The Hall–Kier alpha value is -2.36. The van der Waals surface area contributed by atoms with E-state index in [0.29, 0.717) is 11.3 Å². The van der Waals surface area contributed by atoms with Crippen LogP contribution in [0.3, 0.4) is 0 Å². The molecule has 0 spiro atoms. The van der Waals surface area contributed by atoms with Crippen LogP contribution in [0, 0.1) is 20.8 Å². The molecule has 1 amide bonds. The number of hydrogen-bond donors (Lipinski definition) is 2. The average molecular weight is 256 g/mol. The van der Waals surface area contributed by atoms with Crippen LogP contribution in [0.2, 0.25) is 0 Å². The quantitative estimate of drug-likeness (QED) is 0.867. The molecular formula is C15H16N2O2. The summed E-state index contributed by atoms with van der Waals surface area (Å²) in [7, 11) is 0. The Morgan fingerprint density at radius 1 is 1.11 bits per heavy atom. The van der Waals surface area contributed by atoms with Crippen LogP contribution in [0.4, 0.5) is 5.69 Å². The molecule has 0 aliphatic rings. The summed E-state index contributed by atoms with van der Waals surface area (Å²) in [5.74, 6) is -0.272. The molecule has 2 rings (SSSR count). The van der Waals surface area contributed by atoms with E-state index in [1.807, 2.05) is 32.0 Å². The summed E-state index contributed by atoms with van der Waals surface area (Å²) in [5.41, 5.74) is 3.55. The Morgan fingerprint density at radius 2 is 1.74 bits per heavy atom. The van der Waals surface area contributed by atoms with E-state index in [9.17, 15) is 9.59 Å². The first kappa shape index (κ1) is 13.1. The van der Waals surface area contributed by atoms with Crippen LogP contribution < -0.4 is 10.9 Å². The van der Waals surface area contributed by atoms with Crippen molar-refractivity contribution in [3.63, 3.8) is 0 Å². The molecule has 0 radical (unpaired) electrons. The SMILES string of the molecule is Cc1cc(C(=O)Nc2c(C)cccc2C)cc(=O)[nH]1. The lowest BCUT2D eigenvalue weighted by Crippen LogP contribution is -2.17. The lowest BCUT2D eigenvalue weighted by atomic mass is 10.1. The van der Waals surface area contributed by atoms with E-state index in [1.54, 1.807) is 13.0 Å². The molecule has 0 saturated heterocycles. The number of carbonyl (C=O) groups is 1. The summed E-state index contributed by atoms with van der Waals surface area (Å²) in [6.07, 6.45) is 0. The fourth-order valence-electron chi connectivity index (χ4n) is 2.01. The van der Waals surface area contributed by atoms with Crippen molar-refractivity contribution >= 4 is 11.6 Å². The fourth-order valence-corrected chi connectivity index (χ4v) is 2.01. The molecule has 2 aromatic rings. The van der Waals surface area contributed by atoms with Crippen LogP contribution in [0.1, 0.15) is 27.2 Å². The van der Waals surface area contributed by atoms with Crippen molar-refractivity contribution in [1.82, 2.24) is 4.98 Å². The minimum atomic E-state index is -0.272. The Labute approximate surface area is 111 Å². The smallest absolute Gasteiger partial charge is 0.255 e. The van der Waals surface area contributed by atoms with Crippen LogP contribution in [0.5, 0.6) is 0 Å².